The summed E-state index contributed by atoms with van der Waals surface area (Å²) in [6, 6.07) is 2.81. The predicted molar refractivity (Wildman–Crippen MR) is 55.2 cm³/mol. The van der Waals surface area contributed by atoms with E-state index in [4.69, 9.17) is 16.7 Å². The second-order valence-electron chi connectivity index (χ2n) is 2.42. The van der Waals surface area contributed by atoms with Crippen LogP contribution >= 0.6 is 11.6 Å². The Bertz CT molecular complexity index is 479. The SMILES string of the molecule is CNS(=O)(=NC(=O)O)c1ccc(Cl)nc1. The van der Waals surface area contributed by atoms with E-state index in [1.54, 1.807) is 0 Å². The van der Waals surface area contributed by atoms with Gasteiger partial charge in [0.05, 0.1) is 4.90 Å². The largest absolute Gasteiger partial charge is 0.463 e. The van der Waals surface area contributed by atoms with Crippen molar-refractivity contribution in [2.75, 3.05) is 7.05 Å². The third-order valence-corrected chi connectivity index (χ3v) is 3.57. The Balaban J connectivity index is 3.30. The first-order valence-electron chi connectivity index (χ1n) is 3.78. The number of hydrogen-bond acceptors (Lipinski definition) is 3. The lowest BCUT2D eigenvalue weighted by atomic mass is 10.5. The fraction of sp³-hybridized carbons (Fsp3) is 0.143. The Labute approximate surface area is 91.6 Å². The minimum Gasteiger partial charge on any atom is -0.463 e. The van der Waals surface area contributed by atoms with Gasteiger partial charge in [-0.25, -0.2) is 18.7 Å². The molecule has 1 heterocycles. The highest BCUT2D eigenvalue weighted by molar-refractivity contribution is 7.92. The molecule has 0 spiro atoms. The molecule has 0 aliphatic carbocycles. The molecule has 15 heavy (non-hydrogen) atoms. The van der Waals surface area contributed by atoms with Gasteiger partial charge < -0.3 is 5.11 Å². The third-order valence-electron chi connectivity index (χ3n) is 1.50. The molecule has 6 nitrogen and oxygen atoms in total. The minimum absolute atomic E-state index is 0.164. The number of carboxylic acid groups (broad SMARTS) is 1. The van der Waals surface area contributed by atoms with Crippen molar-refractivity contribution in [3.05, 3.63) is 23.5 Å². The lowest BCUT2D eigenvalue weighted by molar-refractivity contribution is 0.206. The molecule has 1 unspecified atom stereocenters. The van der Waals surface area contributed by atoms with Crippen molar-refractivity contribution < 1.29 is 14.1 Å². The molecule has 1 rings (SSSR count). The van der Waals surface area contributed by atoms with Crippen LogP contribution in [0.25, 0.3) is 0 Å². The summed E-state index contributed by atoms with van der Waals surface area (Å²) in [6.07, 6.45) is -0.294. The molecular formula is C7H8ClN3O3S. The standard InChI is InChI=1S/C7H8ClN3O3S/c1-9-15(14,11-7(12)13)5-2-3-6(8)10-4-5/h2-4H,1H3,(H,12,13)(H,9,11,14). The quantitative estimate of drug-likeness (QED) is 0.775. The molecule has 0 saturated carbocycles. The van der Waals surface area contributed by atoms with Crippen molar-refractivity contribution in [1.82, 2.24) is 9.71 Å². The van der Waals surface area contributed by atoms with Crippen LogP contribution in [0.4, 0.5) is 4.79 Å². The zero-order chi connectivity index (χ0) is 11.5. The maximum Gasteiger partial charge on any atom is 0.440 e. The molecule has 0 aromatic carbocycles. The molecule has 0 aliphatic heterocycles. The Morgan fingerprint density at radius 1 is 1.67 bits per heavy atom. The third kappa shape index (κ3) is 2.88. The van der Waals surface area contributed by atoms with Crippen molar-refractivity contribution >= 4 is 27.6 Å². The first-order chi connectivity index (χ1) is 6.98. The number of halogens is 1. The van der Waals surface area contributed by atoms with E-state index in [0.717, 1.165) is 0 Å². The van der Waals surface area contributed by atoms with Gasteiger partial charge in [-0.1, -0.05) is 11.6 Å². The molecule has 1 amide bonds. The van der Waals surface area contributed by atoms with Crippen LogP contribution in [0.1, 0.15) is 0 Å². The number of carbonyl (C=O) groups is 1. The van der Waals surface area contributed by atoms with E-state index in [0.29, 0.717) is 0 Å². The van der Waals surface area contributed by atoms with E-state index in [1.807, 2.05) is 0 Å². The molecule has 0 fully saturated rings. The first kappa shape index (κ1) is 11.9. The molecule has 1 aromatic rings. The molecule has 0 aliphatic rings. The maximum absolute atomic E-state index is 11.9. The van der Waals surface area contributed by atoms with Crippen LogP contribution in [0.15, 0.2) is 27.6 Å². The summed E-state index contributed by atoms with van der Waals surface area (Å²) >= 11 is 5.54. The van der Waals surface area contributed by atoms with Crippen LogP contribution in [0.5, 0.6) is 0 Å². The minimum atomic E-state index is -3.17. The first-order valence-corrected chi connectivity index (χ1v) is 5.67. The van der Waals surface area contributed by atoms with E-state index in [9.17, 15) is 9.00 Å². The van der Waals surface area contributed by atoms with E-state index in [-0.39, 0.29) is 10.0 Å². The molecule has 82 valence electrons. The molecule has 0 bridgehead atoms. The van der Waals surface area contributed by atoms with E-state index in [1.165, 1.54) is 25.4 Å². The number of aromatic nitrogens is 1. The van der Waals surface area contributed by atoms with Gasteiger partial charge in [-0.05, 0) is 19.2 Å². The molecule has 0 saturated heterocycles. The average Bonchev–Trinajstić information content (AvgIpc) is 2.17. The molecule has 1 atom stereocenters. The molecule has 0 radical (unpaired) electrons. The zero-order valence-electron chi connectivity index (χ0n) is 7.68. The second-order valence-corrected chi connectivity index (χ2v) is 4.92. The number of amides is 1. The van der Waals surface area contributed by atoms with Crippen LogP contribution in [0.3, 0.4) is 0 Å². The number of nitrogens with zero attached hydrogens (tertiary/aromatic N) is 2. The summed E-state index contributed by atoms with van der Waals surface area (Å²) in [4.78, 5) is 14.2. The van der Waals surface area contributed by atoms with Crippen molar-refractivity contribution in [2.45, 2.75) is 4.90 Å². The number of hydrogen-bond donors (Lipinski definition) is 2. The van der Waals surface area contributed by atoms with E-state index < -0.39 is 16.0 Å². The van der Waals surface area contributed by atoms with Gasteiger partial charge in [0, 0.05) is 6.20 Å². The molecular weight excluding hydrogens is 242 g/mol. The maximum atomic E-state index is 11.9. The number of pyridine rings is 1. The van der Waals surface area contributed by atoms with Gasteiger partial charge in [0.25, 0.3) is 0 Å². The Hall–Kier alpha value is -1.18. The van der Waals surface area contributed by atoms with Gasteiger partial charge in [0.1, 0.15) is 15.1 Å². The van der Waals surface area contributed by atoms with Gasteiger partial charge in [0.2, 0.25) is 0 Å². The highest BCUT2D eigenvalue weighted by Gasteiger charge is 2.12. The normalized spacial score (nSPS) is 14.3. The van der Waals surface area contributed by atoms with Crippen molar-refractivity contribution in [2.24, 2.45) is 4.36 Å². The summed E-state index contributed by atoms with van der Waals surface area (Å²) in [5.74, 6) is 0. The summed E-state index contributed by atoms with van der Waals surface area (Å²) in [5.41, 5.74) is 0. The summed E-state index contributed by atoms with van der Waals surface area (Å²) in [6.45, 7) is 0. The summed E-state index contributed by atoms with van der Waals surface area (Å²) < 4.78 is 17.4. The highest BCUT2D eigenvalue weighted by Crippen LogP contribution is 2.12. The van der Waals surface area contributed by atoms with Gasteiger partial charge in [-0.3, -0.25) is 0 Å². The Morgan fingerprint density at radius 2 is 2.33 bits per heavy atom. The van der Waals surface area contributed by atoms with Crippen LogP contribution in [-0.2, 0) is 9.92 Å². The van der Waals surface area contributed by atoms with E-state index >= 15 is 0 Å². The second kappa shape index (κ2) is 4.56. The van der Waals surface area contributed by atoms with Crippen molar-refractivity contribution in [1.29, 1.82) is 0 Å². The number of rotatable bonds is 2. The summed E-state index contributed by atoms with van der Waals surface area (Å²) in [7, 11) is -1.82. The van der Waals surface area contributed by atoms with Crippen LogP contribution < -0.4 is 4.72 Å². The molecule has 8 heteroatoms. The monoisotopic (exact) mass is 249 g/mol. The molecule has 1 aromatic heterocycles. The van der Waals surface area contributed by atoms with Crippen LogP contribution in [0, 0.1) is 0 Å². The van der Waals surface area contributed by atoms with Gasteiger partial charge in [-0.2, -0.15) is 0 Å². The predicted octanol–water partition coefficient (Wildman–Crippen LogP) is 1.37. The van der Waals surface area contributed by atoms with Crippen molar-refractivity contribution in [3.8, 4) is 0 Å². The zero-order valence-corrected chi connectivity index (χ0v) is 9.25. The fourth-order valence-electron chi connectivity index (χ4n) is 0.852. The van der Waals surface area contributed by atoms with Gasteiger partial charge >= 0.3 is 6.09 Å². The Kier molecular flexibility index (Phi) is 3.61. The average molecular weight is 250 g/mol. The van der Waals surface area contributed by atoms with Crippen LogP contribution in [-0.4, -0.2) is 27.4 Å². The van der Waals surface area contributed by atoms with E-state index in [2.05, 4.69) is 14.1 Å². The molecule has 2 N–H and O–H groups in total. The lowest BCUT2D eigenvalue weighted by Crippen LogP contribution is -2.20. The van der Waals surface area contributed by atoms with Gasteiger partial charge in [0.15, 0.2) is 0 Å². The number of nitrogens with one attached hydrogen (secondary N) is 1. The lowest BCUT2D eigenvalue weighted by Gasteiger charge is -2.06. The fourth-order valence-corrected chi connectivity index (χ4v) is 2.06. The topological polar surface area (TPSA) is 91.7 Å². The summed E-state index contributed by atoms with van der Waals surface area (Å²) in [5, 5.41) is 8.69. The van der Waals surface area contributed by atoms with Crippen molar-refractivity contribution in [3.63, 3.8) is 0 Å². The Morgan fingerprint density at radius 3 is 2.73 bits per heavy atom. The van der Waals surface area contributed by atoms with Gasteiger partial charge in [-0.15, -0.1) is 4.36 Å². The van der Waals surface area contributed by atoms with Crippen LogP contribution in [0.2, 0.25) is 5.15 Å². The highest BCUT2D eigenvalue weighted by atomic mass is 35.5. The smallest absolute Gasteiger partial charge is 0.440 e.